The molecule has 12 nitrogen and oxygen atoms in total. The van der Waals surface area contributed by atoms with Crippen LogP contribution in [-0.4, -0.2) is 81.9 Å². The van der Waals surface area contributed by atoms with E-state index in [1.165, 1.54) is 0 Å². The van der Waals surface area contributed by atoms with Gasteiger partial charge in [-0.1, -0.05) is 12.2 Å². The minimum atomic E-state index is -0.953. The number of hydrogen-bond donors (Lipinski definition) is 4. The van der Waals surface area contributed by atoms with E-state index < -0.39 is 18.1 Å². The highest BCUT2D eigenvalue weighted by Crippen LogP contribution is 2.15. The first-order chi connectivity index (χ1) is 17.5. The van der Waals surface area contributed by atoms with Crippen molar-refractivity contribution in [3.8, 4) is 0 Å². The van der Waals surface area contributed by atoms with Crippen LogP contribution < -0.4 is 16.2 Å². The lowest BCUT2D eigenvalue weighted by atomic mass is 10.0. The van der Waals surface area contributed by atoms with Gasteiger partial charge in [0.2, 0.25) is 5.91 Å². The van der Waals surface area contributed by atoms with Crippen molar-refractivity contribution in [3.05, 3.63) is 12.2 Å². The first-order valence-corrected chi connectivity index (χ1v) is 12.3. The molecule has 0 spiro atoms. The van der Waals surface area contributed by atoms with Gasteiger partial charge in [0.05, 0.1) is 19.6 Å². The number of carbonyl (C=O) groups excluding carboxylic acids is 2. The number of aliphatic carboxylic acids is 1. The summed E-state index contributed by atoms with van der Waals surface area (Å²) in [6.07, 6.45) is 8.93. The number of hydrogen-bond acceptors (Lipinski definition) is 9. The van der Waals surface area contributed by atoms with E-state index in [1.54, 1.807) is 5.54 Å². The fourth-order valence-corrected chi connectivity index (χ4v) is 3.27. The molecule has 36 heavy (non-hydrogen) atoms. The summed E-state index contributed by atoms with van der Waals surface area (Å²) in [7, 11) is 0. The van der Waals surface area contributed by atoms with Crippen LogP contribution >= 0.6 is 0 Å². The zero-order valence-corrected chi connectivity index (χ0v) is 20.7. The number of alkyl carbamates (subject to hydrolysis) is 1. The first-order valence-electron chi connectivity index (χ1n) is 12.3. The smallest absolute Gasteiger partial charge is 0.408 e. The number of unbranched alkanes of at least 4 members (excludes halogenated alkanes) is 1. The number of ether oxygens (including phenoxy) is 5. The van der Waals surface area contributed by atoms with Crippen molar-refractivity contribution in [2.24, 2.45) is 0 Å². The molecule has 0 bridgehead atoms. The molecule has 0 radical (unpaired) electrons. The fourth-order valence-electron chi connectivity index (χ4n) is 3.27. The molecule has 0 heterocycles. The normalized spacial score (nSPS) is 17.4. The van der Waals surface area contributed by atoms with Crippen LogP contribution in [0.2, 0.25) is 0 Å². The Labute approximate surface area is 211 Å². The molecule has 1 rings (SSSR count). The maximum atomic E-state index is 12.6. The van der Waals surface area contributed by atoms with Crippen molar-refractivity contribution < 1.29 is 47.7 Å². The predicted molar refractivity (Wildman–Crippen MR) is 126 cm³/mol. The maximum Gasteiger partial charge on any atom is 0.408 e. The number of rotatable bonds is 20. The Bertz CT molecular complexity index is 640. The van der Waals surface area contributed by atoms with Crippen LogP contribution in [0.25, 0.3) is 0 Å². The molecular formula is C23H40FN3O9. The van der Waals surface area contributed by atoms with Crippen LogP contribution in [0.1, 0.15) is 57.8 Å². The average molecular weight is 522 g/mol. The summed E-state index contributed by atoms with van der Waals surface area (Å²) >= 11 is 0. The molecule has 208 valence electrons. The van der Waals surface area contributed by atoms with Crippen LogP contribution in [-0.2, 0) is 33.3 Å². The summed E-state index contributed by atoms with van der Waals surface area (Å²) in [4.78, 5) is 35.3. The van der Waals surface area contributed by atoms with Crippen LogP contribution in [0.5, 0.6) is 0 Å². The Kier molecular flexibility index (Phi) is 19.3. The topological polar surface area (TPSA) is 154 Å². The van der Waals surface area contributed by atoms with Gasteiger partial charge in [0.1, 0.15) is 25.7 Å². The van der Waals surface area contributed by atoms with Crippen molar-refractivity contribution in [2.75, 3.05) is 46.7 Å². The second kappa shape index (κ2) is 21.9. The molecule has 0 fully saturated rings. The zero-order valence-electron chi connectivity index (χ0n) is 20.7. The lowest BCUT2D eigenvalue weighted by Gasteiger charge is -2.22. The molecule has 0 aromatic heterocycles. The summed E-state index contributed by atoms with van der Waals surface area (Å²) < 4.78 is 37.9. The third kappa shape index (κ3) is 18.0. The molecule has 0 saturated heterocycles. The Hall–Kier alpha value is -2.32. The second-order valence-electron chi connectivity index (χ2n) is 8.10. The average Bonchev–Trinajstić information content (AvgIpc) is 2.83. The van der Waals surface area contributed by atoms with Gasteiger partial charge >= 0.3 is 12.1 Å². The monoisotopic (exact) mass is 521 g/mol. The third-order valence-corrected chi connectivity index (χ3v) is 5.12. The van der Waals surface area contributed by atoms with Gasteiger partial charge in [0, 0.05) is 13.1 Å². The van der Waals surface area contributed by atoms with Crippen molar-refractivity contribution >= 4 is 18.0 Å². The number of carbonyl (C=O) groups is 3. The van der Waals surface area contributed by atoms with Gasteiger partial charge in [-0.05, 0) is 51.4 Å². The summed E-state index contributed by atoms with van der Waals surface area (Å²) in [6.45, 7) is 0.295. The Balaban J connectivity index is 2.24. The van der Waals surface area contributed by atoms with E-state index in [1.807, 2.05) is 0 Å². The lowest BCUT2D eigenvalue weighted by Crippen LogP contribution is -2.48. The number of allylic oxidation sites excluding steroid dienone is 2. The number of amides is 2. The van der Waals surface area contributed by atoms with Gasteiger partial charge in [-0.2, -0.15) is 5.54 Å². The number of carboxylic acid groups (broad SMARTS) is 1. The highest BCUT2D eigenvalue weighted by molar-refractivity contribution is 5.85. The van der Waals surface area contributed by atoms with Crippen molar-refractivity contribution in [2.45, 2.75) is 69.9 Å². The van der Waals surface area contributed by atoms with E-state index in [0.717, 1.165) is 32.1 Å². The number of nitrogens with one attached hydrogen (secondary N) is 3. The quantitative estimate of drug-likeness (QED) is 0.0811. The Morgan fingerprint density at radius 2 is 1.67 bits per heavy atom. The summed E-state index contributed by atoms with van der Waals surface area (Å²) in [5, 5.41) is 13.8. The summed E-state index contributed by atoms with van der Waals surface area (Å²) in [6, 6.07) is -0.809. The van der Waals surface area contributed by atoms with Gasteiger partial charge in [-0.3, -0.25) is 9.59 Å². The van der Waals surface area contributed by atoms with E-state index in [0.29, 0.717) is 19.3 Å². The molecule has 4 N–H and O–H groups in total. The molecule has 13 heteroatoms. The maximum absolute atomic E-state index is 12.6. The molecular weight excluding hydrogens is 481 g/mol. The predicted octanol–water partition coefficient (Wildman–Crippen LogP) is 2.14. The van der Waals surface area contributed by atoms with Gasteiger partial charge in [-0.15, -0.1) is 4.48 Å². The molecule has 0 aliphatic heterocycles. The highest BCUT2D eigenvalue weighted by Gasteiger charge is 2.23. The highest BCUT2D eigenvalue weighted by atomic mass is 19.2. The lowest BCUT2D eigenvalue weighted by molar-refractivity contribution is -0.171. The van der Waals surface area contributed by atoms with Gasteiger partial charge in [0.25, 0.3) is 0 Å². The molecule has 2 amide bonds. The van der Waals surface area contributed by atoms with Crippen molar-refractivity contribution in [1.82, 2.24) is 16.2 Å². The van der Waals surface area contributed by atoms with E-state index in [9.17, 15) is 18.9 Å². The van der Waals surface area contributed by atoms with Crippen LogP contribution in [0.3, 0.4) is 0 Å². The SMILES string of the molecule is O=C(O)CCOCOCOCOCCNC(=O)[C@H](CCCCNF)NC(=O)OC1CC/C=C/CCC1. The molecule has 1 aliphatic rings. The Morgan fingerprint density at radius 1 is 0.944 bits per heavy atom. The fraction of sp³-hybridized carbons (Fsp3) is 0.783. The number of halogens is 1. The largest absolute Gasteiger partial charge is 0.481 e. The van der Waals surface area contributed by atoms with Gasteiger partial charge < -0.3 is 39.4 Å². The first kappa shape index (κ1) is 31.7. The molecule has 0 saturated carbocycles. The van der Waals surface area contributed by atoms with Crippen LogP contribution in [0.4, 0.5) is 9.28 Å². The number of carboxylic acids is 1. The van der Waals surface area contributed by atoms with E-state index in [-0.39, 0.29) is 65.1 Å². The van der Waals surface area contributed by atoms with E-state index >= 15 is 0 Å². The van der Waals surface area contributed by atoms with Crippen LogP contribution in [0, 0.1) is 0 Å². The van der Waals surface area contributed by atoms with Gasteiger partial charge in [-0.25, -0.2) is 4.79 Å². The van der Waals surface area contributed by atoms with E-state index in [2.05, 4.69) is 22.8 Å². The minimum absolute atomic E-state index is 0.0457. The Morgan fingerprint density at radius 3 is 2.42 bits per heavy atom. The molecule has 1 aliphatic carbocycles. The van der Waals surface area contributed by atoms with Gasteiger partial charge in [0.15, 0.2) is 6.79 Å². The molecule has 1 unspecified atom stereocenters. The molecule has 0 aromatic rings. The van der Waals surface area contributed by atoms with Crippen LogP contribution in [0.15, 0.2) is 12.2 Å². The van der Waals surface area contributed by atoms with Crippen molar-refractivity contribution in [1.29, 1.82) is 0 Å². The second-order valence-corrected chi connectivity index (χ2v) is 8.10. The summed E-state index contributed by atoms with van der Waals surface area (Å²) in [5.74, 6) is -1.34. The van der Waals surface area contributed by atoms with Crippen molar-refractivity contribution in [3.63, 3.8) is 0 Å². The van der Waals surface area contributed by atoms with E-state index in [4.69, 9.17) is 28.8 Å². The third-order valence-electron chi connectivity index (χ3n) is 5.12. The molecule has 2 atom stereocenters. The summed E-state index contributed by atoms with van der Waals surface area (Å²) in [5.41, 5.74) is 1.57. The molecule has 0 aromatic carbocycles. The zero-order chi connectivity index (χ0) is 26.3. The standard InChI is InChI=1S/C23H40FN3O9/c24-26-12-7-6-10-20(27-23(31)36-19-8-4-2-1-3-5-9-19)22(30)25-13-15-33-17-35-18-34-16-32-14-11-21(28)29/h1-2,19-20,26H,3-18H2,(H,25,30)(H,27,31)(H,28,29)/b2-1+/t19?,20-/m0/s1. The minimum Gasteiger partial charge on any atom is -0.481 e.